The predicted molar refractivity (Wildman–Crippen MR) is 113 cm³/mol. The van der Waals surface area contributed by atoms with E-state index in [4.69, 9.17) is 0 Å². The Hall–Kier alpha value is -2.14. The molecule has 10 saturated heterocycles. The number of benzene rings is 2. The molecule has 10 aliphatic rings. The molecular formula is C28H22FeO2. The van der Waals surface area contributed by atoms with Gasteiger partial charge in [0, 0.05) is 0 Å². The predicted octanol–water partition coefficient (Wildman–Crippen LogP) is 5.94. The molecule has 2 aromatic carbocycles. The summed E-state index contributed by atoms with van der Waals surface area (Å²) in [6, 6.07) is 20.4. The summed E-state index contributed by atoms with van der Waals surface area (Å²) < 4.78 is 0.103. The summed E-state index contributed by atoms with van der Waals surface area (Å²) in [4.78, 5) is 34.6. The third-order valence-electron chi connectivity index (χ3n) is 18.2. The Balaban J connectivity index is 1.02. The number of hydrogen-bond donors (Lipinski definition) is 0. The van der Waals surface area contributed by atoms with Crippen molar-refractivity contribution in [1.29, 1.82) is 0 Å². The van der Waals surface area contributed by atoms with Crippen molar-refractivity contribution in [3.8, 4) is 11.8 Å². The monoisotopic (exact) mass is 446 g/mol. The van der Waals surface area contributed by atoms with Crippen LogP contribution >= 0.6 is 0 Å². The zero-order valence-electron chi connectivity index (χ0n) is 17.0. The molecular weight excluding hydrogens is 424 g/mol. The quantitative estimate of drug-likeness (QED) is 0.421. The number of rotatable bonds is 5. The van der Waals surface area contributed by atoms with E-state index in [-0.39, 0.29) is 8.63 Å². The van der Waals surface area contributed by atoms with Crippen molar-refractivity contribution in [1.82, 2.24) is 0 Å². The minimum absolute atomic E-state index is 0.00140. The molecule has 3 heteroatoms. The fourth-order valence-electron chi connectivity index (χ4n) is 19.8. The Bertz CT molecular complexity index is 1830. The molecule has 8 atom stereocenters. The third kappa shape index (κ3) is 0.272. The first-order valence-corrected chi connectivity index (χ1v) is 18.0. The first-order chi connectivity index (χ1) is 14.9. The van der Waals surface area contributed by atoms with Gasteiger partial charge < -0.3 is 0 Å². The van der Waals surface area contributed by atoms with Gasteiger partial charge in [-0.1, -0.05) is 0 Å². The van der Waals surface area contributed by atoms with Crippen molar-refractivity contribution < 1.29 is 16.1 Å². The fourth-order valence-corrected chi connectivity index (χ4v) is 95.4. The Kier molecular flexibility index (Phi) is 0.831. The van der Waals surface area contributed by atoms with E-state index in [1.807, 2.05) is 36.4 Å². The van der Waals surface area contributed by atoms with Crippen molar-refractivity contribution in [2.75, 3.05) is 0 Å². The van der Waals surface area contributed by atoms with Crippen molar-refractivity contribution in [3.05, 3.63) is 71.8 Å². The Morgan fingerprint density at radius 2 is 1.32 bits per heavy atom. The van der Waals surface area contributed by atoms with E-state index < -0.39 is 6.51 Å². The molecule has 10 aliphatic heterocycles. The maximum absolute atomic E-state index is 14.0. The van der Waals surface area contributed by atoms with Gasteiger partial charge in [-0.25, -0.2) is 0 Å². The zero-order chi connectivity index (χ0) is 20.1. The van der Waals surface area contributed by atoms with Gasteiger partial charge in [0.05, 0.1) is 0 Å². The van der Waals surface area contributed by atoms with Gasteiger partial charge in [0.15, 0.2) is 0 Å². The van der Waals surface area contributed by atoms with E-state index in [1.165, 1.54) is 5.56 Å². The number of carbonyl (C=O) groups excluding carboxylic acids is 2. The molecule has 10 heterocycles. The normalized spacial score (nSPS) is 72.1. The SMILES string of the molecule is O=C(C#Cc1ccccc1)[C]12[CH]3[CH]4[CH]5[CH]1[Fe]45321678[CH]2[CH]1[CH]6[C]7(C(=O)CCc1ccccc1)[CH]28. The summed E-state index contributed by atoms with van der Waals surface area (Å²) >= 11 is 0. The van der Waals surface area contributed by atoms with E-state index in [9.17, 15) is 9.59 Å². The second kappa shape index (κ2) is 1.83. The molecule has 0 aromatic heterocycles. The average molecular weight is 446 g/mol. The molecule has 0 saturated carbocycles. The van der Waals surface area contributed by atoms with Crippen molar-refractivity contribution >= 4 is 11.6 Å². The Morgan fingerprint density at radius 3 is 1.90 bits per heavy atom. The van der Waals surface area contributed by atoms with Crippen LogP contribution < -0.4 is 0 Å². The van der Waals surface area contributed by atoms with Crippen LogP contribution in [0.15, 0.2) is 60.7 Å². The first-order valence-electron chi connectivity index (χ1n) is 11.8. The van der Waals surface area contributed by atoms with Crippen LogP contribution in [0.25, 0.3) is 0 Å². The van der Waals surface area contributed by atoms with Gasteiger partial charge in [-0.3, -0.25) is 0 Å². The standard InChI is InChI=1S/C14H13O.C14H9O.Fe/c2*15-14(13-8-4-5-9-13)11-10-12-6-2-1-3-7-12;/h1-9H,10-11H2;1-9H;. The van der Waals surface area contributed by atoms with Crippen LogP contribution in [0.1, 0.15) is 17.5 Å². The fraction of sp³-hybridized carbons (Fsp3) is 0.429. The molecule has 0 N–H and O–H groups in total. The zero-order valence-corrected chi connectivity index (χ0v) is 18.1. The van der Waals surface area contributed by atoms with Crippen LogP contribution in [0.4, 0.5) is 0 Å². The van der Waals surface area contributed by atoms with Crippen molar-refractivity contribution in [3.63, 3.8) is 0 Å². The molecule has 0 bridgehead atoms. The minimum atomic E-state index is -4.09. The number of carbonyl (C=O) groups is 2. The topological polar surface area (TPSA) is 34.1 Å². The summed E-state index contributed by atoms with van der Waals surface area (Å²) in [6.45, 7) is -4.09. The molecule has 0 radical (unpaired) electrons. The molecule has 8 unspecified atom stereocenters. The molecule has 1 spiro atoms. The first kappa shape index (κ1) is 14.1. The van der Waals surface area contributed by atoms with Gasteiger partial charge in [0.1, 0.15) is 0 Å². The molecule has 31 heavy (non-hydrogen) atoms. The van der Waals surface area contributed by atoms with Gasteiger partial charge >= 0.3 is 171 Å². The van der Waals surface area contributed by atoms with Gasteiger partial charge in [0.2, 0.25) is 0 Å². The summed E-state index contributed by atoms with van der Waals surface area (Å²) in [5.74, 6) is 7.29. The maximum atomic E-state index is 14.0. The van der Waals surface area contributed by atoms with Crippen LogP contribution in [0.3, 0.4) is 0 Å². The van der Waals surface area contributed by atoms with Crippen LogP contribution in [-0.2, 0) is 22.5 Å². The number of aryl methyl sites for hydroxylation is 1. The number of ketones is 2. The molecule has 0 aliphatic carbocycles. The number of Topliss-reactive ketones (excluding diaryl/α,β-unsaturated/α-hetero) is 2. The molecule has 0 amide bonds. The summed E-state index contributed by atoms with van der Waals surface area (Å²) in [7, 11) is 0. The van der Waals surface area contributed by atoms with E-state index in [1.54, 1.807) is 0 Å². The average Bonchev–Trinajstić information content (AvgIpc) is 3.75. The van der Waals surface area contributed by atoms with Gasteiger partial charge in [0.25, 0.3) is 0 Å². The molecule has 2 nitrogen and oxygen atoms in total. The molecule has 10 fully saturated rings. The third-order valence-corrected chi connectivity index (χ3v) is 60.9. The molecule has 154 valence electrons. The van der Waals surface area contributed by atoms with Crippen LogP contribution in [0.2, 0.25) is 47.2 Å². The van der Waals surface area contributed by atoms with Crippen LogP contribution in [0, 0.1) is 11.8 Å². The van der Waals surface area contributed by atoms with Gasteiger partial charge in [-0.15, -0.1) is 0 Å². The molecule has 12 rings (SSSR count). The Labute approximate surface area is 171 Å². The number of hydrogen-bond acceptors (Lipinski definition) is 2. The summed E-state index contributed by atoms with van der Waals surface area (Å²) in [5, 5.41) is 0. The Morgan fingerprint density at radius 1 is 0.774 bits per heavy atom. The number of fused-ring (bicyclic) bond motifs is 10. The second-order valence-electron chi connectivity index (χ2n) is 14.1. The summed E-state index contributed by atoms with van der Waals surface area (Å²) in [5.41, 5.74) is 2.22. The van der Waals surface area contributed by atoms with Crippen LogP contribution in [-0.4, -0.2) is 11.6 Å². The van der Waals surface area contributed by atoms with Crippen molar-refractivity contribution in [2.24, 2.45) is 0 Å². The van der Waals surface area contributed by atoms with Gasteiger partial charge in [-0.2, -0.15) is 0 Å². The van der Waals surface area contributed by atoms with E-state index in [2.05, 4.69) is 36.1 Å². The van der Waals surface area contributed by atoms with Gasteiger partial charge in [-0.05, 0) is 0 Å². The summed E-state index contributed by atoms with van der Waals surface area (Å²) in [6.07, 6.45) is 1.59. The van der Waals surface area contributed by atoms with Crippen molar-refractivity contribution in [2.45, 2.75) is 60.0 Å². The van der Waals surface area contributed by atoms with E-state index >= 15 is 0 Å². The van der Waals surface area contributed by atoms with Crippen LogP contribution in [0.5, 0.6) is 0 Å². The van der Waals surface area contributed by atoms with E-state index in [0.717, 1.165) is 50.5 Å². The molecule has 2 aromatic rings. The van der Waals surface area contributed by atoms with E-state index in [0.29, 0.717) is 18.0 Å². The second-order valence-corrected chi connectivity index (χ2v) is 37.3.